The lowest BCUT2D eigenvalue weighted by molar-refractivity contribution is 0.567. The largest absolute Gasteiger partial charge is 0.366 e. The molecule has 0 spiro atoms. The summed E-state index contributed by atoms with van der Waals surface area (Å²) in [4.78, 5) is 4.26. The highest BCUT2D eigenvalue weighted by Gasteiger charge is 2.10. The molecule has 0 bridgehead atoms. The Hall–Kier alpha value is -2.76. The first-order valence-corrected chi connectivity index (χ1v) is 7.74. The molecule has 0 fully saturated rings. The standard InChI is InChI=1S/C18H18F2N4/c1-13(10-14-5-6-15(19)11-17(14)20)22-18-7-9-24(23-18)12-16-4-2-3-8-21-16/h2-9,11,13H,10,12H2,1H3,(H,22,23). The topological polar surface area (TPSA) is 42.7 Å². The molecule has 1 N–H and O–H groups in total. The fourth-order valence-corrected chi connectivity index (χ4v) is 2.50. The quantitative estimate of drug-likeness (QED) is 0.751. The van der Waals surface area contributed by atoms with Gasteiger partial charge in [-0.25, -0.2) is 8.78 Å². The van der Waals surface area contributed by atoms with Crippen molar-refractivity contribution in [1.29, 1.82) is 0 Å². The summed E-state index contributed by atoms with van der Waals surface area (Å²) in [5.74, 6) is -0.379. The Bertz CT molecular complexity index is 802. The molecule has 1 atom stereocenters. The minimum Gasteiger partial charge on any atom is -0.366 e. The van der Waals surface area contributed by atoms with Crippen LogP contribution in [0.4, 0.5) is 14.6 Å². The van der Waals surface area contributed by atoms with E-state index in [1.54, 1.807) is 10.9 Å². The first-order chi connectivity index (χ1) is 11.6. The van der Waals surface area contributed by atoms with Gasteiger partial charge in [-0.05, 0) is 37.1 Å². The van der Waals surface area contributed by atoms with Crippen molar-refractivity contribution in [2.45, 2.75) is 25.9 Å². The third-order valence-electron chi connectivity index (χ3n) is 3.63. The summed E-state index contributed by atoms with van der Waals surface area (Å²) in [5.41, 5.74) is 1.40. The van der Waals surface area contributed by atoms with Crippen molar-refractivity contribution in [3.8, 4) is 0 Å². The lowest BCUT2D eigenvalue weighted by atomic mass is 10.1. The SMILES string of the molecule is CC(Cc1ccc(F)cc1F)Nc1ccn(Cc2ccccn2)n1. The van der Waals surface area contributed by atoms with Crippen LogP contribution in [0.1, 0.15) is 18.2 Å². The van der Waals surface area contributed by atoms with Gasteiger partial charge in [0, 0.05) is 30.6 Å². The molecule has 0 saturated heterocycles. The minimum atomic E-state index is -0.565. The van der Waals surface area contributed by atoms with Crippen molar-refractivity contribution < 1.29 is 8.78 Å². The van der Waals surface area contributed by atoms with Crippen LogP contribution in [0.15, 0.2) is 54.9 Å². The summed E-state index contributed by atoms with van der Waals surface area (Å²) in [6.45, 7) is 2.52. The van der Waals surface area contributed by atoms with E-state index in [1.165, 1.54) is 12.1 Å². The number of hydrogen-bond acceptors (Lipinski definition) is 3. The molecule has 3 aromatic rings. The molecule has 0 aliphatic rings. The molecule has 0 saturated carbocycles. The molecule has 1 aromatic carbocycles. The number of nitrogens with one attached hydrogen (secondary N) is 1. The Morgan fingerprint density at radius 2 is 2.04 bits per heavy atom. The van der Waals surface area contributed by atoms with Crippen molar-refractivity contribution in [2.24, 2.45) is 0 Å². The van der Waals surface area contributed by atoms with Gasteiger partial charge in [-0.15, -0.1) is 0 Å². The Balaban J connectivity index is 1.59. The smallest absolute Gasteiger partial charge is 0.148 e. The summed E-state index contributed by atoms with van der Waals surface area (Å²) >= 11 is 0. The number of pyridine rings is 1. The Morgan fingerprint density at radius 1 is 1.17 bits per heavy atom. The zero-order valence-electron chi connectivity index (χ0n) is 13.3. The molecule has 24 heavy (non-hydrogen) atoms. The average molecular weight is 328 g/mol. The van der Waals surface area contributed by atoms with Crippen molar-refractivity contribution in [3.63, 3.8) is 0 Å². The molecule has 0 radical (unpaired) electrons. The fourth-order valence-electron chi connectivity index (χ4n) is 2.50. The van der Waals surface area contributed by atoms with Gasteiger partial charge < -0.3 is 5.32 Å². The third kappa shape index (κ3) is 4.16. The van der Waals surface area contributed by atoms with Crippen molar-refractivity contribution >= 4 is 5.82 Å². The highest BCUT2D eigenvalue weighted by molar-refractivity contribution is 5.34. The lowest BCUT2D eigenvalue weighted by Crippen LogP contribution is -2.19. The number of nitrogens with zero attached hydrogens (tertiary/aromatic N) is 3. The second kappa shape index (κ2) is 7.21. The van der Waals surface area contributed by atoms with E-state index in [4.69, 9.17) is 0 Å². The fraction of sp³-hybridized carbons (Fsp3) is 0.222. The number of benzene rings is 1. The summed E-state index contributed by atoms with van der Waals surface area (Å²) in [6, 6.07) is 11.2. The van der Waals surface area contributed by atoms with Gasteiger partial charge in [-0.3, -0.25) is 9.67 Å². The van der Waals surface area contributed by atoms with E-state index in [0.717, 1.165) is 11.8 Å². The lowest BCUT2D eigenvalue weighted by Gasteiger charge is -2.13. The molecule has 1 unspecified atom stereocenters. The molecule has 6 heteroatoms. The van der Waals surface area contributed by atoms with E-state index in [-0.39, 0.29) is 6.04 Å². The predicted octanol–water partition coefficient (Wildman–Crippen LogP) is 3.65. The molecule has 0 amide bonds. The van der Waals surface area contributed by atoms with Crippen LogP contribution >= 0.6 is 0 Å². The Morgan fingerprint density at radius 3 is 2.79 bits per heavy atom. The summed E-state index contributed by atoms with van der Waals surface area (Å²) in [7, 11) is 0. The van der Waals surface area contributed by atoms with Crippen LogP contribution in [-0.4, -0.2) is 20.8 Å². The monoisotopic (exact) mass is 328 g/mol. The molecule has 124 valence electrons. The first-order valence-electron chi connectivity index (χ1n) is 7.74. The highest BCUT2D eigenvalue weighted by Crippen LogP contribution is 2.14. The number of halogens is 2. The van der Waals surface area contributed by atoms with Crippen molar-refractivity contribution in [3.05, 3.63) is 77.8 Å². The van der Waals surface area contributed by atoms with Gasteiger partial charge in [0.25, 0.3) is 0 Å². The van der Waals surface area contributed by atoms with Gasteiger partial charge >= 0.3 is 0 Å². The number of aromatic nitrogens is 3. The van der Waals surface area contributed by atoms with Crippen LogP contribution in [0.5, 0.6) is 0 Å². The van der Waals surface area contributed by atoms with Crippen LogP contribution in [0.2, 0.25) is 0 Å². The number of anilines is 1. The maximum absolute atomic E-state index is 13.7. The molecule has 2 aromatic heterocycles. The normalized spacial score (nSPS) is 12.1. The summed E-state index contributed by atoms with van der Waals surface area (Å²) in [5, 5.41) is 7.66. The summed E-state index contributed by atoms with van der Waals surface area (Å²) in [6.07, 6.45) is 4.05. The van der Waals surface area contributed by atoms with Crippen LogP contribution in [0.25, 0.3) is 0 Å². The molecule has 0 aliphatic heterocycles. The van der Waals surface area contributed by atoms with Gasteiger partial charge in [0.2, 0.25) is 0 Å². The van der Waals surface area contributed by atoms with E-state index < -0.39 is 11.6 Å². The Labute approximate surface area is 139 Å². The van der Waals surface area contributed by atoms with Crippen LogP contribution in [0, 0.1) is 11.6 Å². The van der Waals surface area contributed by atoms with E-state index in [0.29, 0.717) is 24.3 Å². The first kappa shape index (κ1) is 16.1. The van der Waals surface area contributed by atoms with Gasteiger partial charge in [0.05, 0.1) is 12.2 Å². The third-order valence-corrected chi connectivity index (χ3v) is 3.63. The maximum Gasteiger partial charge on any atom is 0.148 e. The van der Waals surface area contributed by atoms with Crippen molar-refractivity contribution in [2.75, 3.05) is 5.32 Å². The Kier molecular flexibility index (Phi) is 4.84. The average Bonchev–Trinajstić information content (AvgIpc) is 2.98. The highest BCUT2D eigenvalue weighted by atomic mass is 19.1. The van der Waals surface area contributed by atoms with Crippen LogP contribution in [0.3, 0.4) is 0 Å². The molecular formula is C18H18F2N4. The zero-order valence-corrected chi connectivity index (χ0v) is 13.3. The van der Waals surface area contributed by atoms with E-state index >= 15 is 0 Å². The summed E-state index contributed by atoms with van der Waals surface area (Å²) < 4.78 is 28.4. The van der Waals surface area contributed by atoms with Gasteiger partial charge in [0.1, 0.15) is 17.5 Å². The van der Waals surface area contributed by atoms with Gasteiger partial charge in [0.15, 0.2) is 0 Å². The van der Waals surface area contributed by atoms with E-state index in [1.807, 2.05) is 37.4 Å². The van der Waals surface area contributed by atoms with E-state index in [2.05, 4.69) is 15.4 Å². The predicted molar refractivity (Wildman–Crippen MR) is 88.7 cm³/mol. The second-order valence-electron chi connectivity index (χ2n) is 5.70. The molecule has 4 nitrogen and oxygen atoms in total. The van der Waals surface area contributed by atoms with Crippen LogP contribution in [-0.2, 0) is 13.0 Å². The van der Waals surface area contributed by atoms with Gasteiger partial charge in [-0.1, -0.05) is 12.1 Å². The van der Waals surface area contributed by atoms with Gasteiger partial charge in [-0.2, -0.15) is 5.10 Å². The number of rotatable bonds is 6. The van der Waals surface area contributed by atoms with E-state index in [9.17, 15) is 8.78 Å². The van der Waals surface area contributed by atoms with Crippen LogP contribution < -0.4 is 5.32 Å². The molecule has 2 heterocycles. The molecule has 0 aliphatic carbocycles. The maximum atomic E-state index is 13.7. The van der Waals surface area contributed by atoms with Crippen molar-refractivity contribution in [1.82, 2.24) is 14.8 Å². The number of hydrogen-bond donors (Lipinski definition) is 1. The minimum absolute atomic E-state index is 0.0387. The zero-order chi connectivity index (χ0) is 16.9. The molecule has 3 rings (SSSR count). The second-order valence-corrected chi connectivity index (χ2v) is 5.70. The molecular weight excluding hydrogens is 310 g/mol.